The van der Waals surface area contributed by atoms with Crippen molar-refractivity contribution in [1.82, 2.24) is 9.97 Å². The van der Waals surface area contributed by atoms with Gasteiger partial charge in [0.2, 0.25) is 5.82 Å². The number of rotatable bonds is 6. The highest BCUT2D eigenvalue weighted by atomic mass is 79.9. The number of hydrogen-bond donors (Lipinski definition) is 1. The Morgan fingerprint density at radius 3 is 2.42 bits per heavy atom. The zero-order valence-corrected chi connectivity index (χ0v) is 15.1. The average molecular weight is 417 g/mol. The summed E-state index contributed by atoms with van der Waals surface area (Å²) < 4.78 is 11.4. The summed E-state index contributed by atoms with van der Waals surface area (Å²) in [6, 6.07) is 13.8. The number of hydrogen-bond acceptors (Lipinski definition) is 7. The number of nitrogens with zero attached hydrogens (tertiary/aromatic N) is 3. The summed E-state index contributed by atoms with van der Waals surface area (Å²) >= 11 is 3.38. The van der Waals surface area contributed by atoms with Gasteiger partial charge in [-0.05, 0) is 52.3 Å². The second kappa shape index (κ2) is 7.79. The van der Waals surface area contributed by atoms with Gasteiger partial charge in [-0.1, -0.05) is 12.1 Å². The van der Waals surface area contributed by atoms with Crippen LogP contribution in [0.1, 0.15) is 0 Å². The number of nitrogens with one attached hydrogen (secondary N) is 1. The van der Waals surface area contributed by atoms with Crippen LogP contribution in [-0.2, 0) is 0 Å². The van der Waals surface area contributed by atoms with Gasteiger partial charge in [0.25, 0.3) is 0 Å². The third-order valence-electron chi connectivity index (χ3n) is 3.37. The highest BCUT2D eigenvalue weighted by Crippen LogP contribution is 2.36. The van der Waals surface area contributed by atoms with Crippen LogP contribution >= 0.6 is 15.9 Å². The van der Waals surface area contributed by atoms with E-state index < -0.39 is 4.92 Å². The van der Waals surface area contributed by atoms with E-state index in [1.807, 2.05) is 12.1 Å². The van der Waals surface area contributed by atoms with Crippen molar-refractivity contribution in [3.63, 3.8) is 0 Å². The molecule has 0 spiro atoms. The molecule has 2 aromatic carbocycles. The molecule has 0 aliphatic rings. The van der Waals surface area contributed by atoms with Gasteiger partial charge in [-0.2, -0.15) is 4.98 Å². The summed E-state index contributed by atoms with van der Waals surface area (Å²) in [6.07, 6.45) is 1.20. The van der Waals surface area contributed by atoms with Gasteiger partial charge < -0.3 is 14.8 Å². The predicted octanol–water partition coefficient (Wildman–Crippen LogP) is 4.69. The Kier molecular flexibility index (Phi) is 5.28. The highest BCUT2D eigenvalue weighted by Gasteiger charge is 2.25. The Bertz CT molecular complexity index is 934. The lowest BCUT2D eigenvalue weighted by molar-refractivity contribution is -0.385. The molecule has 0 saturated heterocycles. The Hall–Kier alpha value is -3.20. The zero-order chi connectivity index (χ0) is 18.5. The lowest BCUT2D eigenvalue weighted by Crippen LogP contribution is -2.03. The van der Waals surface area contributed by atoms with Gasteiger partial charge in [0, 0.05) is 4.47 Å². The van der Waals surface area contributed by atoms with Gasteiger partial charge in [-0.3, -0.25) is 10.1 Å². The first-order valence-corrected chi connectivity index (χ1v) is 8.20. The first kappa shape index (κ1) is 17.6. The topological polar surface area (TPSA) is 99.4 Å². The van der Waals surface area contributed by atoms with Crippen LogP contribution in [0, 0.1) is 10.1 Å². The molecule has 0 unspecified atom stereocenters. The molecular weight excluding hydrogens is 404 g/mol. The van der Waals surface area contributed by atoms with Crippen LogP contribution in [0.4, 0.5) is 17.2 Å². The molecule has 0 bridgehead atoms. The summed E-state index contributed by atoms with van der Waals surface area (Å²) in [5, 5.41) is 14.5. The van der Waals surface area contributed by atoms with Crippen molar-refractivity contribution in [3.8, 4) is 17.4 Å². The van der Waals surface area contributed by atoms with Gasteiger partial charge in [0.1, 0.15) is 17.8 Å². The molecule has 0 aliphatic carbocycles. The summed E-state index contributed by atoms with van der Waals surface area (Å²) in [5.74, 6) is 0.899. The van der Waals surface area contributed by atoms with Gasteiger partial charge in [0.05, 0.1) is 17.7 Å². The van der Waals surface area contributed by atoms with Crippen molar-refractivity contribution in [1.29, 1.82) is 0 Å². The molecule has 132 valence electrons. The van der Waals surface area contributed by atoms with Crippen LogP contribution < -0.4 is 14.8 Å². The van der Waals surface area contributed by atoms with E-state index in [-0.39, 0.29) is 17.4 Å². The Morgan fingerprint density at radius 2 is 1.77 bits per heavy atom. The fourth-order valence-electron chi connectivity index (χ4n) is 2.14. The molecule has 3 rings (SSSR count). The Balaban J connectivity index is 1.95. The van der Waals surface area contributed by atoms with E-state index in [4.69, 9.17) is 9.47 Å². The van der Waals surface area contributed by atoms with Crippen LogP contribution in [0.25, 0.3) is 0 Å². The summed E-state index contributed by atoms with van der Waals surface area (Å²) in [4.78, 5) is 18.9. The lowest BCUT2D eigenvalue weighted by atomic mass is 10.3. The fraction of sp³-hybridized carbons (Fsp3) is 0.0588. The van der Waals surface area contributed by atoms with Gasteiger partial charge in [-0.15, -0.1) is 0 Å². The van der Waals surface area contributed by atoms with Crippen molar-refractivity contribution in [2.75, 3.05) is 12.4 Å². The minimum atomic E-state index is -0.585. The summed E-state index contributed by atoms with van der Waals surface area (Å²) in [7, 11) is 1.55. The quantitative estimate of drug-likeness (QED) is 0.459. The molecule has 0 fully saturated rings. The number of benzene rings is 2. The van der Waals surface area contributed by atoms with E-state index in [1.54, 1.807) is 43.5 Å². The van der Waals surface area contributed by atoms with E-state index in [0.717, 1.165) is 4.47 Å². The molecule has 26 heavy (non-hydrogen) atoms. The molecule has 1 aromatic heterocycles. The second-order valence-corrected chi connectivity index (χ2v) is 5.87. The summed E-state index contributed by atoms with van der Waals surface area (Å²) in [6.45, 7) is 0. The number of methoxy groups -OCH3 is 1. The molecule has 1 heterocycles. The molecule has 0 aliphatic heterocycles. The third-order valence-corrected chi connectivity index (χ3v) is 4.06. The van der Waals surface area contributed by atoms with Crippen molar-refractivity contribution >= 4 is 33.1 Å². The molecule has 3 aromatic rings. The molecule has 1 N–H and O–H groups in total. The molecule has 0 amide bonds. The fourth-order valence-corrected chi connectivity index (χ4v) is 2.52. The van der Waals surface area contributed by atoms with Crippen molar-refractivity contribution in [2.24, 2.45) is 0 Å². The van der Waals surface area contributed by atoms with Crippen LogP contribution in [0.5, 0.6) is 17.4 Å². The largest absolute Gasteiger partial charge is 0.497 e. The number of nitro groups is 1. The van der Waals surface area contributed by atoms with Crippen LogP contribution in [0.15, 0.2) is 59.3 Å². The molecule has 0 saturated carbocycles. The maximum Gasteiger partial charge on any atom is 0.373 e. The minimum absolute atomic E-state index is 0.0282. The number of halogens is 1. The third kappa shape index (κ3) is 3.89. The molecule has 8 nitrogen and oxygen atoms in total. The highest BCUT2D eigenvalue weighted by molar-refractivity contribution is 9.10. The monoisotopic (exact) mass is 416 g/mol. The number of para-hydroxylation sites is 1. The number of ether oxygens (including phenoxy) is 2. The van der Waals surface area contributed by atoms with E-state index >= 15 is 0 Å². The zero-order valence-electron chi connectivity index (χ0n) is 13.5. The minimum Gasteiger partial charge on any atom is -0.497 e. The lowest BCUT2D eigenvalue weighted by Gasteiger charge is -2.10. The van der Waals surface area contributed by atoms with Crippen molar-refractivity contribution in [3.05, 3.63) is 69.4 Å². The molecule has 9 heteroatoms. The van der Waals surface area contributed by atoms with Gasteiger partial charge in [-0.25, -0.2) is 4.98 Å². The van der Waals surface area contributed by atoms with Gasteiger partial charge >= 0.3 is 11.6 Å². The first-order valence-electron chi connectivity index (χ1n) is 7.41. The maximum atomic E-state index is 11.6. The van der Waals surface area contributed by atoms with Crippen molar-refractivity contribution in [2.45, 2.75) is 0 Å². The smallest absolute Gasteiger partial charge is 0.373 e. The van der Waals surface area contributed by atoms with Crippen molar-refractivity contribution < 1.29 is 14.4 Å². The van der Waals surface area contributed by atoms with Gasteiger partial charge in [0.15, 0.2) is 0 Å². The number of aromatic nitrogens is 2. The van der Waals surface area contributed by atoms with Crippen LogP contribution in [0.2, 0.25) is 0 Å². The standard InChI is InChI=1S/C17H13BrN4O4/c1-25-11-6-8-12(9-7-11)26-17-15(22(23)24)16(19-10-20-17)21-14-5-3-2-4-13(14)18/h2-10H,1H3,(H,19,20,21). The first-order chi connectivity index (χ1) is 12.6. The predicted molar refractivity (Wildman–Crippen MR) is 99.2 cm³/mol. The van der Waals surface area contributed by atoms with Crippen LogP contribution in [0.3, 0.4) is 0 Å². The Morgan fingerprint density at radius 1 is 1.08 bits per heavy atom. The molecule has 0 radical (unpaired) electrons. The normalized spacial score (nSPS) is 10.2. The SMILES string of the molecule is COc1ccc(Oc2ncnc(Nc3ccccc3Br)c2[N+](=O)[O-])cc1. The van der Waals surface area contributed by atoms with E-state index in [2.05, 4.69) is 31.2 Å². The second-order valence-electron chi connectivity index (χ2n) is 5.02. The molecular formula is C17H13BrN4O4. The van der Waals surface area contributed by atoms with Crippen LogP contribution in [-0.4, -0.2) is 22.0 Å². The average Bonchev–Trinajstić information content (AvgIpc) is 2.64. The van der Waals surface area contributed by atoms with E-state index in [0.29, 0.717) is 17.2 Å². The number of anilines is 2. The Labute approximate surface area is 157 Å². The molecule has 0 atom stereocenters. The van der Waals surface area contributed by atoms with E-state index in [1.165, 1.54) is 6.33 Å². The van der Waals surface area contributed by atoms with E-state index in [9.17, 15) is 10.1 Å². The maximum absolute atomic E-state index is 11.6. The summed E-state index contributed by atoms with van der Waals surface area (Å²) in [5.41, 5.74) is 0.267.